The van der Waals surface area contributed by atoms with Gasteiger partial charge in [-0.3, -0.25) is 4.79 Å². The minimum atomic E-state index is -3.20. The standard InChI is InChI=1S/C12H21N3O5S/c1-21(19,20)15-6-4-13(5-7-15)12(18)14-3-2-10(9-14)8-11(16)17/h10H,2-9H2,1H3,(H,16,17). The third-order valence-corrected chi connectivity index (χ3v) is 5.30. The fourth-order valence-electron chi connectivity index (χ4n) is 2.83. The zero-order chi connectivity index (χ0) is 15.6. The molecule has 2 amide bonds. The van der Waals surface area contributed by atoms with Crippen molar-refractivity contribution in [1.29, 1.82) is 0 Å². The Morgan fingerprint density at radius 2 is 1.71 bits per heavy atom. The van der Waals surface area contributed by atoms with Crippen molar-refractivity contribution in [2.45, 2.75) is 12.8 Å². The van der Waals surface area contributed by atoms with Crippen molar-refractivity contribution < 1.29 is 23.1 Å². The van der Waals surface area contributed by atoms with E-state index in [1.807, 2.05) is 0 Å². The van der Waals surface area contributed by atoms with Gasteiger partial charge in [0.25, 0.3) is 0 Å². The van der Waals surface area contributed by atoms with Crippen molar-refractivity contribution in [3.8, 4) is 0 Å². The highest BCUT2D eigenvalue weighted by molar-refractivity contribution is 7.88. The highest BCUT2D eigenvalue weighted by Crippen LogP contribution is 2.21. The Kier molecular flexibility index (Phi) is 4.72. The van der Waals surface area contributed by atoms with Gasteiger partial charge in [-0.05, 0) is 12.3 Å². The van der Waals surface area contributed by atoms with E-state index < -0.39 is 16.0 Å². The average molecular weight is 319 g/mol. The predicted molar refractivity (Wildman–Crippen MR) is 75.3 cm³/mol. The van der Waals surface area contributed by atoms with Crippen LogP contribution in [0.1, 0.15) is 12.8 Å². The molecule has 0 spiro atoms. The highest BCUT2D eigenvalue weighted by atomic mass is 32.2. The predicted octanol–water partition coefficient (Wildman–Crippen LogP) is -0.520. The number of piperazine rings is 1. The van der Waals surface area contributed by atoms with Gasteiger partial charge in [0.15, 0.2) is 0 Å². The van der Waals surface area contributed by atoms with Crippen molar-refractivity contribution in [1.82, 2.24) is 14.1 Å². The van der Waals surface area contributed by atoms with E-state index in [1.54, 1.807) is 9.80 Å². The number of rotatable bonds is 3. The number of nitrogens with zero attached hydrogens (tertiary/aromatic N) is 3. The lowest BCUT2D eigenvalue weighted by Gasteiger charge is -2.35. The normalized spacial score (nSPS) is 24.3. The van der Waals surface area contributed by atoms with Gasteiger partial charge in [-0.1, -0.05) is 0 Å². The summed E-state index contributed by atoms with van der Waals surface area (Å²) in [6.45, 7) is 2.44. The summed E-state index contributed by atoms with van der Waals surface area (Å²) in [5, 5.41) is 8.78. The molecule has 1 unspecified atom stereocenters. The molecule has 0 aliphatic carbocycles. The van der Waals surface area contributed by atoms with Crippen LogP contribution in [-0.2, 0) is 14.8 Å². The van der Waals surface area contributed by atoms with Gasteiger partial charge >= 0.3 is 12.0 Å². The minimum Gasteiger partial charge on any atom is -0.481 e. The second-order valence-corrected chi connectivity index (χ2v) is 7.61. The van der Waals surface area contributed by atoms with Gasteiger partial charge in [-0.25, -0.2) is 13.2 Å². The Balaban J connectivity index is 1.84. The van der Waals surface area contributed by atoms with Crippen molar-refractivity contribution in [3.63, 3.8) is 0 Å². The second-order valence-electron chi connectivity index (χ2n) is 5.63. The number of sulfonamides is 1. The molecule has 0 saturated carbocycles. The van der Waals surface area contributed by atoms with E-state index in [9.17, 15) is 18.0 Å². The zero-order valence-corrected chi connectivity index (χ0v) is 12.9. The summed E-state index contributed by atoms with van der Waals surface area (Å²) >= 11 is 0. The number of hydrogen-bond donors (Lipinski definition) is 1. The number of hydrogen-bond acceptors (Lipinski definition) is 4. The lowest BCUT2D eigenvalue weighted by molar-refractivity contribution is -0.138. The Morgan fingerprint density at radius 1 is 1.10 bits per heavy atom. The summed E-state index contributed by atoms with van der Waals surface area (Å²) < 4.78 is 24.2. The van der Waals surface area contributed by atoms with E-state index in [2.05, 4.69) is 0 Å². The maximum absolute atomic E-state index is 12.3. The van der Waals surface area contributed by atoms with Crippen molar-refractivity contribution >= 4 is 22.0 Å². The Hall–Kier alpha value is -1.35. The van der Waals surface area contributed by atoms with E-state index in [0.29, 0.717) is 45.7 Å². The first-order chi connectivity index (χ1) is 9.77. The Bertz CT molecular complexity index is 513. The number of carbonyl (C=O) groups excluding carboxylic acids is 1. The fraction of sp³-hybridized carbons (Fsp3) is 0.833. The summed E-state index contributed by atoms with van der Waals surface area (Å²) in [5.41, 5.74) is 0. The first-order valence-corrected chi connectivity index (χ1v) is 8.83. The fourth-order valence-corrected chi connectivity index (χ4v) is 3.66. The van der Waals surface area contributed by atoms with Crippen LogP contribution in [-0.4, -0.2) is 85.2 Å². The largest absolute Gasteiger partial charge is 0.481 e. The van der Waals surface area contributed by atoms with Gasteiger partial charge in [-0.2, -0.15) is 4.31 Å². The molecule has 21 heavy (non-hydrogen) atoms. The number of carboxylic acids is 1. The number of amides is 2. The van der Waals surface area contributed by atoms with Crippen molar-refractivity contribution in [2.24, 2.45) is 5.92 Å². The van der Waals surface area contributed by atoms with Crippen LogP contribution < -0.4 is 0 Å². The molecule has 2 rings (SSSR count). The van der Waals surface area contributed by atoms with Gasteiger partial charge in [0, 0.05) is 45.7 Å². The monoisotopic (exact) mass is 319 g/mol. The number of aliphatic carboxylic acids is 1. The van der Waals surface area contributed by atoms with E-state index >= 15 is 0 Å². The first kappa shape index (κ1) is 16.0. The minimum absolute atomic E-state index is 0.0174. The summed E-state index contributed by atoms with van der Waals surface area (Å²) in [5.74, 6) is -0.820. The molecule has 0 radical (unpaired) electrons. The molecule has 8 nitrogen and oxygen atoms in total. The summed E-state index contributed by atoms with van der Waals surface area (Å²) in [4.78, 5) is 26.3. The molecule has 120 valence electrons. The lowest BCUT2D eigenvalue weighted by atomic mass is 10.1. The molecule has 9 heteroatoms. The Morgan fingerprint density at radius 3 is 2.24 bits per heavy atom. The molecular formula is C12H21N3O5S. The third kappa shape index (κ3) is 4.07. The summed E-state index contributed by atoms with van der Waals surface area (Å²) in [7, 11) is -3.20. The molecule has 2 aliphatic rings. The molecule has 0 bridgehead atoms. The molecule has 2 aliphatic heterocycles. The Labute approximate surface area is 124 Å². The van der Waals surface area contributed by atoms with Crippen LogP contribution in [0.4, 0.5) is 4.79 Å². The molecule has 1 atom stereocenters. The van der Waals surface area contributed by atoms with Gasteiger partial charge < -0.3 is 14.9 Å². The van der Waals surface area contributed by atoms with Crippen LogP contribution in [0.25, 0.3) is 0 Å². The zero-order valence-electron chi connectivity index (χ0n) is 12.1. The van der Waals surface area contributed by atoms with E-state index in [-0.39, 0.29) is 18.4 Å². The van der Waals surface area contributed by atoms with Gasteiger partial charge in [0.2, 0.25) is 10.0 Å². The van der Waals surface area contributed by atoms with Crippen molar-refractivity contribution in [3.05, 3.63) is 0 Å². The van der Waals surface area contributed by atoms with Crippen molar-refractivity contribution in [2.75, 3.05) is 45.5 Å². The summed E-state index contributed by atoms with van der Waals surface area (Å²) in [6, 6.07) is -0.115. The SMILES string of the molecule is CS(=O)(=O)N1CCN(C(=O)N2CCC(CC(=O)O)C2)CC1. The summed E-state index contributed by atoms with van der Waals surface area (Å²) in [6.07, 6.45) is 1.97. The topological polar surface area (TPSA) is 98.2 Å². The van der Waals surface area contributed by atoms with E-state index in [1.165, 1.54) is 10.6 Å². The van der Waals surface area contributed by atoms with Crippen LogP contribution in [0.3, 0.4) is 0 Å². The number of urea groups is 1. The number of carboxylic acid groups (broad SMARTS) is 1. The molecule has 1 N–H and O–H groups in total. The molecule has 2 heterocycles. The maximum atomic E-state index is 12.3. The smallest absolute Gasteiger partial charge is 0.320 e. The molecule has 0 aromatic rings. The maximum Gasteiger partial charge on any atom is 0.320 e. The first-order valence-electron chi connectivity index (χ1n) is 6.98. The molecule has 0 aromatic carbocycles. The van der Waals surface area contributed by atoms with Gasteiger partial charge in [0.05, 0.1) is 6.26 Å². The van der Waals surface area contributed by atoms with E-state index in [4.69, 9.17) is 5.11 Å². The molecule has 0 aromatic heterocycles. The van der Waals surface area contributed by atoms with Crippen LogP contribution >= 0.6 is 0 Å². The number of likely N-dealkylation sites (tertiary alicyclic amines) is 1. The van der Waals surface area contributed by atoms with Crippen LogP contribution in [0.5, 0.6) is 0 Å². The van der Waals surface area contributed by atoms with E-state index in [0.717, 1.165) is 0 Å². The second kappa shape index (κ2) is 6.18. The average Bonchev–Trinajstić information content (AvgIpc) is 2.84. The molecule has 2 fully saturated rings. The van der Waals surface area contributed by atoms with Crippen LogP contribution in [0.15, 0.2) is 0 Å². The third-order valence-electron chi connectivity index (χ3n) is 4.00. The van der Waals surface area contributed by atoms with Crippen LogP contribution in [0, 0.1) is 5.92 Å². The van der Waals surface area contributed by atoms with Gasteiger partial charge in [-0.15, -0.1) is 0 Å². The quantitative estimate of drug-likeness (QED) is 0.755. The highest BCUT2D eigenvalue weighted by Gasteiger charge is 2.33. The number of carbonyl (C=O) groups is 2. The van der Waals surface area contributed by atoms with Crippen LogP contribution in [0.2, 0.25) is 0 Å². The van der Waals surface area contributed by atoms with Gasteiger partial charge in [0.1, 0.15) is 0 Å². The lowest BCUT2D eigenvalue weighted by Crippen LogP contribution is -2.53. The molecule has 2 saturated heterocycles. The molecular weight excluding hydrogens is 298 g/mol.